The highest BCUT2D eigenvalue weighted by Crippen LogP contribution is 2.11. The molecular weight excluding hydrogens is 372 g/mol. The van der Waals surface area contributed by atoms with Crippen LogP contribution in [0.1, 0.15) is 16.8 Å². The number of nitrogens with zero attached hydrogens (tertiary/aromatic N) is 3. The molecule has 0 fully saturated rings. The van der Waals surface area contributed by atoms with E-state index in [1.807, 2.05) is 30.3 Å². The zero-order valence-corrected chi connectivity index (χ0v) is 15.3. The number of aromatic nitrogens is 3. The Hall–Kier alpha value is -3.85. The number of benzene rings is 2. The van der Waals surface area contributed by atoms with Crippen molar-refractivity contribution in [2.75, 3.05) is 0 Å². The fourth-order valence-corrected chi connectivity index (χ4v) is 2.88. The Morgan fingerprint density at radius 3 is 2.55 bits per heavy atom. The molecule has 0 aliphatic rings. The average molecular weight is 387 g/mol. The van der Waals surface area contributed by atoms with Crippen LogP contribution in [0.2, 0.25) is 0 Å². The molecule has 0 aliphatic carbocycles. The number of fused-ring (bicyclic) bond motifs is 1. The second-order valence-electron chi connectivity index (χ2n) is 6.48. The molecule has 0 atom stereocenters. The molecule has 0 unspecified atom stereocenters. The number of hydrogen-bond acceptors (Lipinski definition) is 3. The SMILES string of the molecule is O=c1cc2ncc(C#CCc3ccccc3)nc2cn1Cc1ccc(F)c(F)c1. The van der Waals surface area contributed by atoms with Gasteiger partial charge in [0.2, 0.25) is 0 Å². The van der Waals surface area contributed by atoms with Crippen LogP contribution < -0.4 is 5.56 Å². The Labute approximate surface area is 165 Å². The highest BCUT2D eigenvalue weighted by molar-refractivity contribution is 5.73. The molecule has 142 valence electrons. The minimum Gasteiger partial charge on any atom is -0.309 e. The molecule has 4 nitrogen and oxygen atoms in total. The van der Waals surface area contributed by atoms with Gasteiger partial charge in [0.25, 0.3) is 5.56 Å². The summed E-state index contributed by atoms with van der Waals surface area (Å²) in [5.41, 5.74) is 2.71. The molecule has 0 amide bonds. The summed E-state index contributed by atoms with van der Waals surface area (Å²) < 4.78 is 27.9. The smallest absolute Gasteiger partial charge is 0.253 e. The lowest BCUT2D eigenvalue weighted by Gasteiger charge is -2.07. The number of halogens is 2. The summed E-state index contributed by atoms with van der Waals surface area (Å²) in [6, 6.07) is 14.8. The van der Waals surface area contributed by atoms with Crippen molar-refractivity contribution < 1.29 is 8.78 Å². The first-order chi connectivity index (χ1) is 14.1. The van der Waals surface area contributed by atoms with Crippen molar-refractivity contribution in [3.8, 4) is 11.8 Å². The average Bonchev–Trinajstić information content (AvgIpc) is 2.72. The minimum atomic E-state index is -0.952. The molecule has 0 radical (unpaired) electrons. The summed E-state index contributed by atoms with van der Waals surface area (Å²) in [7, 11) is 0. The first kappa shape index (κ1) is 18.5. The van der Waals surface area contributed by atoms with Crippen LogP contribution in [-0.4, -0.2) is 14.5 Å². The summed E-state index contributed by atoms with van der Waals surface area (Å²) >= 11 is 0. The third-order valence-electron chi connectivity index (χ3n) is 4.34. The lowest BCUT2D eigenvalue weighted by Crippen LogP contribution is -2.19. The second kappa shape index (κ2) is 8.03. The van der Waals surface area contributed by atoms with Gasteiger partial charge in [-0.15, -0.1) is 0 Å². The summed E-state index contributed by atoms with van der Waals surface area (Å²) in [5.74, 6) is 4.16. The highest BCUT2D eigenvalue weighted by atomic mass is 19.2. The Morgan fingerprint density at radius 2 is 1.76 bits per heavy atom. The van der Waals surface area contributed by atoms with Gasteiger partial charge in [0.05, 0.1) is 18.3 Å². The first-order valence-corrected chi connectivity index (χ1v) is 8.92. The van der Waals surface area contributed by atoms with Crippen LogP contribution in [0, 0.1) is 23.5 Å². The lowest BCUT2D eigenvalue weighted by atomic mass is 10.1. The van der Waals surface area contributed by atoms with Crippen LogP contribution in [0.3, 0.4) is 0 Å². The van der Waals surface area contributed by atoms with E-state index in [1.54, 1.807) is 6.20 Å². The van der Waals surface area contributed by atoms with Crippen LogP contribution in [0.25, 0.3) is 11.0 Å². The van der Waals surface area contributed by atoms with Gasteiger partial charge >= 0.3 is 0 Å². The second-order valence-corrected chi connectivity index (χ2v) is 6.48. The van der Waals surface area contributed by atoms with Crippen LogP contribution in [0.4, 0.5) is 8.78 Å². The molecule has 2 heterocycles. The molecule has 2 aromatic heterocycles. The van der Waals surface area contributed by atoms with Gasteiger partial charge in [-0.05, 0) is 29.2 Å². The van der Waals surface area contributed by atoms with Crippen molar-refractivity contribution in [2.24, 2.45) is 0 Å². The van der Waals surface area contributed by atoms with E-state index in [0.717, 1.165) is 17.7 Å². The Morgan fingerprint density at radius 1 is 0.931 bits per heavy atom. The van der Waals surface area contributed by atoms with E-state index in [-0.39, 0.29) is 12.1 Å². The van der Waals surface area contributed by atoms with Crippen molar-refractivity contribution >= 4 is 11.0 Å². The van der Waals surface area contributed by atoms with Crippen molar-refractivity contribution in [3.05, 3.63) is 106 Å². The number of rotatable bonds is 3. The molecule has 4 rings (SSSR count). The zero-order chi connectivity index (χ0) is 20.2. The van der Waals surface area contributed by atoms with Crippen LogP contribution >= 0.6 is 0 Å². The zero-order valence-electron chi connectivity index (χ0n) is 15.3. The van der Waals surface area contributed by atoms with Gasteiger partial charge in [-0.1, -0.05) is 42.3 Å². The van der Waals surface area contributed by atoms with E-state index in [9.17, 15) is 13.6 Å². The van der Waals surface area contributed by atoms with E-state index in [0.29, 0.717) is 28.7 Å². The summed E-state index contributed by atoms with van der Waals surface area (Å²) in [4.78, 5) is 21.0. The predicted octanol–water partition coefficient (Wildman–Crippen LogP) is 3.71. The largest absolute Gasteiger partial charge is 0.309 e. The third kappa shape index (κ3) is 4.36. The van der Waals surface area contributed by atoms with Crippen LogP contribution in [0.15, 0.2) is 71.8 Å². The fourth-order valence-electron chi connectivity index (χ4n) is 2.88. The standard InChI is InChI=1S/C23H15F2N3O/c24-19-10-9-17(11-20(19)25)14-28-15-22-21(12-23(28)29)26-13-18(27-22)8-4-7-16-5-2-1-3-6-16/h1-3,5-6,9-13,15H,7,14H2. The molecule has 0 aliphatic heterocycles. The molecule has 0 saturated heterocycles. The monoisotopic (exact) mass is 387 g/mol. The van der Waals surface area contributed by atoms with Crippen LogP contribution in [-0.2, 0) is 13.0 Å². The summed E-state index contributed by atoms with van der Waals surface area (Å²) in [5, 5.41) is 0. The maximum Gasteiger partial charge on any atom is 0.253 e. The molecule has 2 aromatic carbocycles. The molecule has 29 heavy (non-hydrogen) atoms. The topological polar surface area (TPSA) is 47.8 Å². The normalized spacial score (nSPS) is 10.6. The van der Waals surface area contributed by atoms with Gasteiger partial charge in [-0.2, -0.15) is 0 Å². The van der Waals surface area contributed by atoms with Crippen molar-refractivity contribution in [2.45, 2.75) is 13.0 Å². The first-order valence-electron chi connectivity index (χ1n) is 8.92. The molecule has 0 bridgehead atoms. The number of hydrogen-bond donors (Lipinski definition) is 0. The number of pyridine rings is 1. The maximum absolute atomic E-state index is 13.4. The van der Waals surface area contributed by atoms with Crippen molar-refractivity contribution in [1.29, 1.82) is 0 Å². The minimum absolute atomic E-state index is 0.0948. The third-order valence-corrected chi connectivity index (χ3v) is 4.34. The Bertz CT molecular complexity index is 1300. The van der Waals surface area contributed by atoms with Gasteiger partial charge in [0, 0.05) is 18.7 Å². The van der Waals surface area contributed by atoms with Gasteiger partial charge in [-0.3, -0.25) is 9.78 Å². The van der Waals surface area contributed by atoms with Gasteiger partial charge in [-0.25, -0.2) is 13.8 Å². The predicted molar refractivity (Wildman–Crippen MR) is 106 cm³/mol. The van der Waals surface area contributed by atoms with Crippen molar-refractivity contribution in [3.63, 3.8) is 0 Å². The summed E-state index contributed by atoms with van der Waals surface area (Å²) in [6.45, 7) is 0.0948. The van der Waals surface area contributed by atoms with Crippen LogP contribution in [0.5, 0.6) is 0 Å². The Balaban J connectivity index is 1.61. The van der Waals surface area contributed by atoms with Gasteiger partial charge in [0.15, 0.2) is 11.6 Å². The quantitative estimate of drug-likeness (QED) is 0.504. The Kier molecular flexibility index (Phi) is 5.12. The van der Waals surface area contributed by atoms with E-state index < -0.39 is 11.6 Å². The van der Waals surface area contributed by atoms with E-state index >= 15 is 0 Å². The fraction of sp³-hybridized carbons (Fsp3) is 0.0870. The molecule has 0 spiro atoms. The van der Waals surface area contributed by atoms with E-state index in [1.165, 1.54) is 22.9 Å². The molecule has 0 N–H and O–H groups in total. The van der Waals surface area contributed by atoms with Gasteiger partial charge < -0.3 is 4.57 Å². The van der Waals surface area contributed by atoms with Crippen molar-refractivity contribution in [1.82, 2.24) is 14.5 Å². The highest BCUT2D eigenvalue weighted by Gasteiger charge is 2.07. The molecular formula is C23H15F2N3O. The van der Waals surface area contributed by atoms with E-state index in [2.05, 4.69) is 21.8 Å². The molecule has 4 aromatic rings. The van der Waals surface area contributed by atoms with Gasteiger partial charge in [0.1, 0.15) is 11.2 Å². The molecule has 6 heteroatoms. The maximum atomic E-state index is 13.4. The summed E-state index contributed by atoms with van der Waals surface area (Å²) in [6.07, 6.45) is 3.67. The lowest BCUT2D eigenvalue weighted by molar-refractivity contribution is 0.506. The molecule has 0 saturated carbocycles. The van der Waals surface area contributed by atoms with E-state index in [4.69, 9.17) is 0 Å².